The van der Waals surface area contributed by atoms with Gasteiger partial charge in [-0.15, -0.1) is 0 Å². The van der Waals surface area contributed by atoms with Crippen LogP contribution in [0.2, 0.25) is 0 Å². The van der Waals surface area contributed by atoms with Crippen LogP contribution < -0.4 is 0 Å². The average Bonchev–Trinajstić information content (AvgIpc) is 2.17. The lowest BCUT2D eigenvalue weighted by molar-refractivity contribution is -0.243. The SMILES string of the molecule is O=C(OO)C(O)c1ccc(O)cc1. The summed E-state index contributed by atoms with van der Waals surface area (Å²) in [5.41, 5.74) is 0.233. The molecule has 0 aromatic heterocycles. The number of hydrogen-bond donors (Lipinski definition) is 3. The Bertz CT molecular complexity index is 292. The molecular formula is C8H8O5. The van der Waals surface area contributed by atoms with E-state index in [0.717, 1.165) is 0 Å². The summed E-state index contributed by atoms with van der Waals surface area (Å²) >= 11 is 0. The van der Waals surface area contributed by atoms with E-state index in [2.05, 4.69) is 4.89 Å². The first kappa shape index (κ1) is 9.50. The monoisotopic (exact) mass is 184 g/mol. The lowest BCUT2D eigenvalue weighted by Crippen LogP contribution is -2.13. The molecule has 0 saturated carbocycles. The Balaban J connectivity index is 2.83. The summed E-state index contributed by atoms with van der Waals surface area (Å²) in [5, 5.41) is 26.0. The lowest BCUT2D eigenvalue weighted by atomic mass is 10.1. The van der Waals surface area contributed by atoms with Gasteiger partial charge in [0.05, 0.1) is 0 Å². The molecule has 0 amide bonds. The second kappa shape index (κ2) is 3.88. The normalized spacial score (nSPS) is 12.2. The van der Waals surface area contributed by atoms with Crippen LogP contribution in [0.5, 0.6) is 5.75 Å². The van der Waals surface area contributed by atoms with E-state index >= 15 is 0 Å². The second-order valence-corrected chi connectivity index (χ2v) is 2.40. The van der Waals surface area contributed by atoms with Crippen molar-refractivity contribution in [1.82, 2.24) is 0 Å². The van der Waals surface area contributed by atoms with Gasteiger partial charge in [-0.3, -0.25) is 4.89 Å². The molecule has 1 aromatic rings. The van der Waals surface area contributed by atoms with Gasteiger partial charge < -0.3 is 10.2 Å². The molecule has 0 bridgehead atoms. The molecule has 1 aromatic carbocycles. The highest BCUT2D eigenvalue weighted by atomic mass is 17.1. The van der Waals surface area contributed by atoms with Crippen molar-refractivity contribution in [2.75, 3.05) is 0 Å². The Morgan fingerprint density at radius 2 is 1.85 bits per heavy atom. The number of hydrogen-bond acceptors (Lipinski definition) is 5. The highest BCUT2D eigenvalue weighted by Crippen LogP contribution is 2.17. The quantitative estimate of drug-likeness (QED) is 0.458. The smallest absolute Gasteiger partial charge is 0.374 e. The van der Waals surface area contributed by atoms with Crippen molar-refractivity contribution < 1.29 is 25.2 Å². The number of rotatable bonds is 2. The lowest BCUT2D eigenvalue weighted by Gasteiger charge is -2.06. The van der Waals surface area contributed by atoms with Crippen LogP contribution >= 0.6 is 0 Å². The second-order valence-electron chi connectivity index (χ2n) is 2.40. The molecule has 0 radical (unpaired) electrons. The van der Waals surface area contributed by atoms with Gasteiger partial charge in [-0.1, -0.05) is 12.1 Å². The van der Waals surface area contributed by atoms with Crippen molar-refractivity contribution in [3.8, 4) is 5.75 Å². The first-order chi connectivity index (χ1) is 6.15. The zero-order valence-corrected chi connectivity index (χ0v) is 6.54. The van der Waals surface area contributed by atoms with Gasteiger partial charge in [-0.25, -0.2) is 4.79 Å². The van der Waals surface area contributed by atoms with Crippen molar-refractivity contribution in [3.63, 3.8) is 0 Å². The van der Waals surface area contributed by atoms with Crippen LogP contribution in [0.3, 0.4) is 0 Å². The number of phenols is 1. The van der Waals surface area contributed by atoms with E-state index in [4.69, 9.17) is 15.5 Å². The predicted octanol–water partition coefficient (Wildman–Crippen LogP) is 0.442. The highest BCUT2D eigenvalue weighted by Gasteiger charge is 2.18. The highest BCUT2D eigenvalue weighted by molar-refractivity contribution is 5.75. The van der Waals surface area contributed by atoms with Crippen molar-refractivity contribution in [2.45, 2.75) is 6.10 Å². The predicted molar refractivity (Wildman–Crippen MR) is 41.8 cm³/mol. The molecule has 0 aliphatic heterocycles. The Hall–Kier alpha value is -1.59. The minimum Gasteiger partial charge on any atom is -0.508 e. The summed E-state index contributed by atoms with van der Waals surface area (Å²) in [5.74, 6) is -1.14. The van der Waals surface area contributed by atoms with E-state index in [1.807, 2.05) is 0 Å². The fourth-order valence-electron chi connectivity index (χ4n) is 0.843. The Morgan fingerprint density at radius 3 is 2.31 bits per heavy atom. The number of carbonyl (C=O) groups is 1. The Kier molecular flexibility index (Phi) is 2.84. The topological polar surface area (TPSA) is 87.0 Å². The van der Waals surface area contributed by atoms with Crippen molar-refractivity contribution in [2.24, 2.45) is 0 Å². The molecular weight excluding hydrogens is 176 g/mol. The number of carbonyl (C=O) groups excluding carboxylic acids is 1. The third kappa shape index (κ3) is 2.17. The molecule has 0 heterocycles. The van der Waals surface area contributed by atoms with Crippen LogP contribution in [0.4, 0.5) is 0 Å². The zero-order chi connectivity index (χ0) is 9.84. The minimum absolute atomic E-state index is 0.0216. The molecule has 5 heteroatoms. The molecule has 13 heavy (non-hydrogen) atoms. The minimum atomic E-state index is -1.54. The van der Waals surface area contributed by atoms with Crippen LogP contribution in [0.15, 0.2) is 24.3 Å². The molecule has 0 aliphatic carbocycles. The first-order valence-corrected chi connectivity index (χ1v) is 3.47. The number of aromatic hydroxyl groups is 1. The molecule has 5 nitrogen and oxygen atoms in total. The summed E-state index contributed by atoms with van der Waals surface area (Å²) in [6.07, 6.45) is -1.54. The van der Waals surface area contributed by atoms with E-state index < -0.39 is 12.1 Å². The number of aliphatic hydroxyl groups excluding tert-OH is 1. The summed E-state index contributed by atoms with van der Waals surface area (Å²) in [6, 6.07) is 5.31. The summed E-state index contributed by atoms with van der Waals surface area (Å²) < 4.78 is 0. The van der Waals surface area contributed by atoms with E-state index in [1.54, 1.807) is 0 Å². The third-order valence-corrected chi connectivity index (χ3v) is 1.52. The van der Waals surface area contributed by atoms with E-state index in [1.165, 1.54) is 24.3 Å². The van der Waals surface area contributed by atoms with Crippen LogP contribution in [-0.2, 0) is 9.68 Å². The fourth-order valence-corrected chi connectivity index (χ4v) is 0.843. The molecule has 1 atom stereocenters. The van der Waals surface area contributed by atoms with Gasteiger partial charge in [0, 0.05) is 0 Å². The summed E-state index contributed by atoms with van der Waals surface area (Å²) in [7, 11) is 0. The van der Waals surface area contributed by atoms with Gasteiger partial charge >= 0.3 is 5.97 Å². The Morgan fingerprint density at radius 1 is 1.31 bits per heavy atom. The molecule has 0 saturated heterocycles. The number of phenolic OH excluding ortho intramolecular Hbond substituents is 1. The van der Waals surface area contributed by atoms with Crippen LogP contribution in [0, 0.1) is 0 Å². The Labute approximate surface area is 73.7 Å². The maximum absolute atomic E-state index is 10.6. The van der Waals surface area contributed by atoms with Gasteiger partial charge in [-0.05, 0) is 17.7 Å². The van der Waals surface area contributed by atoms with Crippen LogP contribution in [-0.4, -0.2) is 21.4 Å². The number of benzene rings is 1. The standard InChI is InChI=1S/C8H8O5/c9-6-3-1-5(2-4-6)7(10)8(11)13-12/h1-4,7,9-10,12H. The molecule has 3 N–H and O–H groups in total. The van der Waals surface area contributed by atoms with Crippen LogP contribution in [0.25, 0.3) is 0 Å². The van der Waals surface area contributed by atoms with E-state index in [0.29, 0.717) is 0 Å². The molecule has 70 valence electrons. The van der Waals surface area contributed by atoms with Crippen molar-refractivity contribution in [3.05, 3.63) is 29.8 Å². The first-order valence-electron chi connectivity index (χ1n) is 3.47. The fraction of sp³-hybridized carbons (Fsp3) is 0.125. The molecule has 0 aliphatic rings. The van der Waals surface area contributed by atoms with E-state index in [-0.39, 0.29) is 11.3 Å². The third-order valence-electron chi connectivity index (χ3n) is 1.52. The largest absolute Gasteiger partial charge is 0.508 e. The number of aliphatic hydroxyl groups is 1. The van der Waals surface area contributed by atoms with Gasteiger partial charge in [0.15, 0.2) is 6.10 Å². The summed E-state index contributed by atoms with van der Waals surface area (Å²) in [6.45, 7) is 0. The average molecular weight is 184 g/mol. The van der Waals surface area contributed by atoms with Gasteiger partial charge in [0.1, 0.15) is 5.75 Å². The van der Waals surface area contributed by atoms with Crippen molar-refractivity contribution >= 4 is 5.97 Å². The maximum Gasteiger partial charge on any atom is 0.374 e. The van der Waals surface area contributed by atoms with Gasteiger partial charge in [0.25, 0.3) is 0 Å². The maximum atomic E-state index is 10.6. The zero-order valence-electron chi connectivity index (χ0n) is 6.54. The molecule has 1 unspecified atom stereocenters. The molecule has 0 fully saturated rings. The van der Waals surface area contributed by atoms with E-state index in [9.17, 15) is 4.79 Å². The van der Waals surface area contributed by atoms with Crippen molar-refractivity contribution in [1.29, 1.82) is 0 Å². The van der Waals surface area contributed by atoms with Gasteiger partial charge in [0.2, 0.25) is 0 Å². The summed E-state index contributed by atoms with van der Waals surface area (Å²) in [4.78, 5) is 14.0. The molecule has 1 rings (SSSR count). The van der Waals surface area contributed by atoms with Gasteiger partial charge in [-0.2, -0.15) is 5.26 Å². The van der Waals surface area contributed by atoms with Crippen LogP contribution in [0.1, 0.15) is 11.7 Å². The molecule has 0 spiro atoms.